The van der Waals surface area contributed by atoms with Crippen LogP contribution in [0.1, 0.15) is 22.5 Å². The van der Waals surface area contributed by atoms with E-state index in [2.05, 4.69) is 60.5 Å². The van der Waals surface area contributed by atoms with Crippen molar-refractivity contribution in [1.29, 1.82) is 0 Å². The molecule has 0 aliphatic rings. The zero-order valence-corrected chi connectivity index (χ0v) is 15.1. The van der Waals surface area contributed by atoms with Crippen molar-refractivity contribution in [1.82, 2.24) is 20.1 Å². The number of pyridine rings is 1. The van der Waals surface area contributed by atoms with Gasteiger partial charge in [0.25, 0.3) is 0 Å². The van der Waals surface area contributed by atoms with Crippen LogP contribution in [0.25, 0.3) is 16.6 Å². The van der Waals surface area contributed by atoms with E-state index in [1.807, 2.05) is 35.1 Å². The predicted octanol–water partition coefficient (Wildman–Crippen LogP) is 4.33. The maximum absolute atomic E-state index is 4.72. The molecule has 1 N–H and O–H groups in total. The number of fused-ring (bicyclic) bond motifs is 1. The van der Waals surface area contributed by atoms with Gasteiger partial charge in [-0.2, -0.15) is 5.10 Å². The van der Waals surface area contributed by atoms with Gasteiger partial charge in [0, 0.05) is 35.9 Å². The highest BCUT2D eigenvalue weighted by atomic mass is 15.3. The van der Waals surface area contributed by atoms with E-state index in [0.29, 0.717) is 0 Å². The molecule has 26 heavy (non-hydrogen) atoms. The third-order valence-corrected chi connectivity index (χ3v) is 4.78. The Morgan fingerprint density at radius 1 is 0.885 bits per heavy atom. The number of aryl methyl sites for hydroxylation is 1. The molecule has 4 aromatic rings. The summed E-state index contributed by atoms with van der Waals surface area (Å²) in [5.41, 5.74) is 6.87. The number of benzene rings is 2. The van der Waals surface area contributed by atoms with Crippen LogP contribution in [0.2, 0.25) is 0 Å². The van der Waals surface area contributed by atoms with Gasteiger partial charge in [-0.3, -0.25) is 4.98 Å². The van der Waals surface area contributed by atoms with Gasteiger partial charge in [-0.15, -0.1) is 0 Å². The van der Waals surface area contributed by atoms with Crippen LogP contribution in [-0.2, 0) is 13.1 Å². The Morgan fingerprint density at radius 2 is 1.69 bits per heavy atom. The smallest absolute Gasteiger partial charge is 0.0746 e. The zero-order valence-electron chi connectivity index (χ0n) is 15.1. The minimum atomic E-state index is 0.781. The molecule has 4 rings (SSSR count). The molecule has 2 aromatic heterocycles. The van der Waals surface area contributed by atoms with Crippen LogP contribution in [-0.4, -0.2) is 14.8 Å². The maximum Gasteiger partial charge on any atom is 0.0746 e. The van der Waals surface area contributed by atoms with Crippen LogP contribution in [0, 0.1) is 13.8 Å². The molecule has 2 aromatic carbocycles. The SMILES string of the molecule is Cc1nn(-c2ccccc2)c(C)c1CNCc1cccc2cccnc12. The molecule has 0 unspecified atom stereocenters. The lowest BCUT2D eigenvalue weighted by molar-refractivity contribution is 0.689. The van der Waals surface area contributed by atoms with Crippen molar-refractivity contribution in [3.05, 3.63) is 89.4 Å². The van der Waals surface area contributed by atoms with Crippen LogP contribution in [0.5, 0.6) is 0 Å². The Labute approximate surface area is 153 Å². The number of hydrogen-bond acceptors (Lipinski definition) is 3. The Bertz CT molecular complexity index is 1030. The van der Waals surface area contributed by atoms with E-state index in [9.17, 15) is 0 Å². The fourth-order valence-corrected chi connectivity index (χ4v) is 3.38. The Balaban J connectivity index is 1.53. The number of nitrogens with one attached hydrogen (secondary N) is 1. The highest BCUT2D eigenvalue weighted by molar-refractivity contribution is 5.81. The van der Waals surface area contributed by atoms with Crippen molar-refractivity contribution in [2.75, 3.05) is 0 Å². The van der Waals surface area contributed by atoms with Gasteiger partial charge >= 0.3 is 0 Å². The first kappa shape index (κ1) is 16.5. The third-order valence-electron chi connectivity index (χ3n) is 4.78. The molecular weight excluding hydrogens is 320 g/mol. The molecule has 0 atom stereocenters. The molecule has 130 valence electrons. The molecule has 4 nitrogen and oxygen atoms in total. The summed E-state index contributed by atoms with van der Waals surface area (Å²) in [6, 6.07) is 20.7. The number of para-hydroxylation sites is 2. The highest BCUT2D eigenvalue weighted by Crippen LogP contribution is 2.19. The van der Waals surface area contributed by atoms with E-state index in [0.717, 1.165) is 30.0 Å². The number of rotatable bonds is 5. The molecule has 0 amide bonds. The molecule has 0 saturated carbocycles. The van der Waals surface area contributed by atoms with Crippen molar-refractivity contribution in [2.45, 2.75) is 26.9 Å². The summed E-state index contributed by atoms with van der Waals surface area (Å²) >= 11 is 0. The first-order valence-electron chi connectivity index (χ1n) is 8.88. The molecule has 0 aliphatic carbocycles. The number of nitrogens with zero attached hydrogens (tertiary/aromatic N) is 3. The lowest BCUT2D eigenvalue weighted by atomic mass is 10.1. The minimum absolute atomic E-state index is 0.781. The quantitative estimate of drug-likeness (QED) is 0.587. The van der Waals surface area contributed by atoms with Crippen LogP contribution in [0.15, 0.2) is 66.9 Å². The lowest BCUT2D eigenvalue weighted by Gasteiger charge is -2.09. The van der Waals surface area contributed by atoms with Crippen LogP contribution < -0.4 is 5.32 Å². The molecule has 0 aliphatic heterocycles. The standard InChI is InChI=1S/C22H22N4/c1-16-21(17(2)26(25-16)20-11-4-3-5-12-20)15-23-14-19-9-6-8-18-10-7-13-24-22(18)19/h3-13,23H,14-15H2,1-2H3. The monoisotopic (exact) mass is 342 g/mol. The average Bonchev–Trinajstić information content (AvgIpc) is 2.97. The van der Waals surface area contributed by atoms with E-state index in [1.54, 1.807) is 0 Å². The van der Waals surface area contributed by atoms with Gasteiger partial charge in [0.1, 0.15) is 0 Å². The van der Waals surface area contributed by atoms with Crippen LogP contribution >= 0.6 is 0 Å². The summed E-state index contributed by atoms with van der Waals surface area (Å²) < 4.78 is 2.02. The third kappa shape index (κ3) is 3.11. The molecular formula is C22H22N4. The summed E-state index contributed by atoms with van der Waals surface area (Å²) in [5, 5.41) is 9.46. The first-order valence-corrected chi connectivity index (χ1v) is 8.88. The van der Waals surface area contributed by atoms with Crippen molar-refractivity contribution in [2.24, 2.45) is 0 Å². The van der Waals surface area contributed by atoms with E-state index in [1.165, 1.54) is 22.2 Å². The second-order valence-corrected chi connectivity index (χ2v) is 6.49. The molecule has 0 fully saturated rings. The van der Waals surface area contributed by atoms with Crippen molar-refractivity contribution in [3.8, 4) is 5.69 Å². The van der Waals surface area contributed by atoms with E-state index >= 15 is 0 Å². The Morgan fingerprint density at radius 3 is 2.54 bits per heavy atom. The van der Waals surface area contributed by atoms with Gasteiger partial charge in [0.15, 0.2) is 0 Å². The van der Waals surface area contributed by atoms with Crippen molar-refractivity contribution >= 4 is 10.9 Å². The summed E-state index contributed by atoms with van der Waals surface area (Å²) in [5.74, 6) is 0. The van der Waals surface area contributed by atoms with Gasteiger partial charge < -0.3 is 5.32 Å². The molecule has 0 spiro atoms. The first-order chi connectivity index (χ1) is 12.7. The van der Waals surface area contributed by atoms with Crippen molar-refractivity contribution < 1.29 is 0 Å². The molecule has 4 heteroatoms. The fourth-order valence-electron chi connectivity index (χ4n) is 3.38. The Hall–Kier alpha value is -2.98. The minimum Gasteiger partial charge on any atom is -0.308 e. The molecule has 2 heterocycles. The molecule has 0 bridgehead atoms. The lowest BCUT2D eigenvalue weighted by Crippen LogP contribution is -2.14. The summed E-state index contributed by atoms with van der Waals surface area (Å²) in [6.45, 7) is 5.77. The van der Waals surface area contributed by atoms with Gasteiger partial charge in [0.05, 0.1) is 16.9 Å². The summed E-state index contributed by atoms with van der Waals surface area (Å²) in [7, 11) is 0. The Kier molecular flexibility index (Phi) is 4.50. The maximum atomic E-state index is 4.72. The number of hydrogen-bond donors (Lipinski definition) is 1. The van der Waals surface area contributed by atoms with E-state index in [4.69, 9.17) is 5.10 Å². The van der Waals surface area contributed by atoms with Gasteiger partial charge in [-0.1, -0.05) is 42.5 Å². The largest absolute Gasteiger partial charge is 0.308 e. The van der Waals surface area contributed by atoms with Crippen molar-refractivity contribution in [3.63, 3.8) is 0 Å². The van der Waals surface area contributed by atoms with Gasteiger partial charge in [-0.25, -0.2) is 4.68 Å². The van der Waals surface area contributed by atoms with Crippen LogP contribution in [0.3, 0.4) is 0 Å². The van der Waals surface area contributed by atoms with E-state index < -0.39 is 0 Å². The second kappa shape index (κ2) is 7.10. The van der Waals surface area contributed by atoms with Crippen LogP contribution in [0.4, 0.5) is 0 Å². The average molecular weight is 342 g/mol. The summed E-state index contributed by atoms with van der Waals surface area (Å²) in [4.78, 5) is 4.53. The topological polar surface area (TPSA) is 42.7 Å². The zero-order chi connectivity index (χ0) is 17.9. The second-order valence-electron chi connectivity index (χ2n) is 6.49. The number of aromatic nitrogens is 3. The normalized spacial score (nSPS) is 11.2. The predicted molar refractivity (Wildman–Crippen MR) is 105 cm³/mol. The molecule has 0 saturated heterocycles. The van der Waals surface area contributed by atoms with E-state index in [-0.39, 0.29) is 0 Å². The fraction of sp³-hybridized carbons (Fsp3) is 0.182. The molecule has 0 radical (unpaired) electrons. The van der Waals surface area contributed by atoms with Gasteiger partial charge in [-0.05, 0) is 37.6 Å². The highest BCUT2D eigenvalue weighted by Gasteiger charge is 2.12. The summed E-state index contributed by atoms with van der Waals surface area (Å²) in [6.07, 6.45) is 1.85. The van der Waals surface area contributed by atoms with Gasteiger partial charge in [0.2, 0.25) is 0 Å².